The third-order valence-electron chi connectivity index (χ3n) is 4.88. The minimum Gasteiger partial charge on any atom is -0.446 e. The number of amides is 1. The number of rotatable bonds is 5. The number of aryl methyl sites for hydroxylation is 1. The van der Waals surface area contributed by atoms with Crippen LogP contribution in [0.4, 0.5) is 16.3 Å². The molecular formula is C20H29N5O4S. The molecule has 0 saturated heterocycles. The highest BCUT2D eigenvalue weighted by molar-refractivity contribution is 7.90. The van der Waals surface area contributed by atoms with Gasteiger partial charge in [0.15, 0.2) is 20.7 Å². The average Bonchev–Trinajstić information content (AvgIpc) is 3.23. The Labute approximate surface area is 176 Å². The van der Waals surface area contributed by atoms with Crippen LogP contribution in [-0.4, -0.2) is 47.6 Å². The highest BCUT2D eigenvalue weighted by Crippen LogP contribution is 2.36. The zero-order chi connectivity index (χ0) is 22.1. The van der Waals surface area contributed by atoms with Gasteiger partial charge >= 0.3 is 6.09 Å². The van der Waals surface area contributed by atoms with Crippen LogP contribution >= 0.6 is 0 Å². The van der Waals surface area contributed by atoms with Gasteiger partial charge in [0.25, 0.3) is 0 Å². The molecule has 3 N–H and O–H groups in total. The number of hydrogen-bond donors (Lipinski definition) is 3. The van der Waals surface area contributed by atoms with E-state index in [2.05, 4.69) is 25.8 Å². The molecule has 0 spiro atoms. The van der Waals surface area contributed by atoms with Crippen LogP contribution in [0.2, 0.25) is 0 Å². The van der Waals surface area contributed by atoms with Gasteiger partial charge in [-0.2, -0.15) is 5.10 Å². The van der Waals surface area contributed by atoms with Crippen LogP contribution in [0.15, 0.2) is 23.2 Å². The van der Waals surface area contributed by atoms with E-state index in [1.807, 2.05) is 26.8 Å². The van der Waals surface area contributed by atoms with E-state index in [1.54, 1.807) is 13.0 Å². The fraction of sp³-hybridized carbons (Fsp3) is 0.550. The number of aromatic nitrogens is 3. The van der Waals surface area contributed by atoms with Gasteiger partial charge in [-0.3, -0.25) is 5.10 Å². The van der Waals surface area contributed by atoms with Crippen LogP contribution in [0.5, 0.6) is 0 Å². The number of carbonyl (C=O) groups is 1. The summed E-state index contributed by atoms with van der Waals surface area (Å²) < 4.78 is 28.8. The lowest BCUT2D eigenvalue weighted by Crippen LogP contribution is -2.42. The predicted molar refractivity (Wildman–Crippen MR) is 114 cm³/mol. The van der Waals surface area contributed by atoms with Gasteiger partial charge in [0.2, 0.25) is 0 Å². The molecule has 1 fully saturated rings. The Kier molecular flexibility index (Phi) is 6.07. The van der Waals surface area contributed by atoms with Gasteiger partial charge in [0.1, 0.15) is 6.10 Å². The number of H-pyrrole nitrogens is 1. The first-order valence-corrected chi connectivity index (χ1v) is 11.8. The molecule has 0 aliphatic heterocycles. The summed E-state index contributed by atoms with van der Waals surface area (Å²) in [6, 6.07) is 5.08. The Bertz CT molecular complexity index is 1030. The summed E-state index contributed by atoms with van der Waals surface area (Å²) >= 11 is 0. The minimum atomic E-state index is -3.35. The van der Waals surface area contributed by atoms with Crippen molar-refractivity contribution in [3.63, 3.8) is 0 Å². The smallest absolute Gasteiger partial charge is 0.407 e. The zero-order valence-electron chi connectivity index (χ0n) is 17.9. The predicted octanol–water partition coefficient (Wildman–Crippen LogP) is 3.42. The van der Waals surface area contributed by atoms with Crippen LogP contribution in [0.25, 0.3) is 0 Å². The second-order valence-corrected chi connectivity index (χ2v) is 10.8. The fourth-order valence-corrected chi connectivity index (χ4v) is 4.06. The molecule has 1 aliphatic carbocycles. The van der Waals surface area contributed by atoms with Gasteiger partial charge in [-0.05, 0) is 59.1 Å². The largest absolute Gasteiger partial charge is 0.446 e. The van der Waals surface area contributed by atoms with E-state index in [1.165, 1.54) is 6.07 Å². The van der Waals surface area contributed by atoms with Crippen LogP contribution in [0, 0.1) is 6.92 Å². The normalized spacial score (nSPS) is 19.5. The van der Waals surface area contributed by atoms with E-state index >= 15 is 0 Å². The molecule has 1 aliphatic rings. The zero-order valence-corrected chi connectivity index (χ0v) is 18.8. The first-order chi connectivity index (χ1) is 13.9. The number of ether oxygens (including phenoxy) is 1. The Morgan fingerprint density at radius 3 is 2.63 bits per heavy atom. The van der Waals surface area contributed by atoms with Crippen molar-refractivity contribution in [2.75, 3.05) is 11.6 Å². The number of alkyl carbamates (subject to hydrolysis) is 1. The SMILES string of the molecule is Cc1nc(S(C)(=O)=O)ccc1Nc1cc([C@H]2CC[C@@H](OC(=O)NC(C)(C)C)C2)[nH]n1. The number of nitrogens with zero attached hydrogens (tertiary/aromatic N) is 2. The summed E-state index contributed by atoms with van der Waals surface area (Å²) in [5.74, 6) is 0.851. The molecule has 0 radical (unpaired) electrons. The maximum atomic E-state index is 12.0. The first kappa shape index (κ1) is 22.1. The summed E-state index contributed by atoms with van der Waals surface area (Å²) in [5, 5.41) is 13.4. The first-order valence-electron chi connectivity index (χ1n) is 9.89. The van der Waals surface area contributed by atoms with E-state index < -0.39 is 9.84 Å². The van der Waals surface area contributed by atoms with Gasteiger partial charge in [-0.1, -0.05) is 0 Å². The van der Waals surface area contributed by atoms with E-state index in [0.29, 0.717) is 17.2 Å². The number of hydrogen-bond acceptors (Lipinski definition) is 7. The number of sulfone groups is 1. The van der Waals surface area contributed by atoms with Crippen molar-refractivity contribution in [1.29, 1.82) is 0 Å². The summed E-state index contributed by atoms with van der Waals surface area (Å²) in [6.45, 7) is 7.48. The summed E-state index contributed by atoms with van der Waals surface area (Å²) in [6.07, 6.45) is 3.07. The van der Waals surface area contributed by atoms with Crippen molar-refractivity contribution < 1.29 is 17.9 Å². The third kappa shape index (κ3) is 5.71. The van der Waals surface area contributed by atoms with Crippen molar-refractivity contribution in [3.05, 3.63) is 29.6 Å². The van der Waals surface area contributed by atoms with Gasteiger partial charge in [-0.15, -0.1) is 0 Å². The van der Waals surface area contributed by atoms with Gasteiger partial charge in [-0.25, -0.2) is 18.2 Å². The Morgan fingerprint density at radius 1 is 1.27 bits per heavy atom. The van der Waals surface area contributed by atoms with Crippen LogP contribution in [0.1, 0.15) is 57.3 Å². The van der Waals surface area contributed by atoms with Crippen molar-refractivity contribution >= 4 is 27.4 Å². The quantitative estimate of drug-likeness (QED) is 0.657. The second kappa shape index (κ2) is 8.25. The number of aromatic amines is 1. The topological polar surface area (TPSA) is 126 Å². The summed E-state index contributed by atoms with van der Waals surface area (Å²) in [5.41, 5.74) is 1.90. The molecule has 0 aromatic carbocycles. The highest BCUT2D eigenvalue weighted by atomic mass is 32.2. The number of nitrogens with one attached hydrogen (secondary N) is 3. The monoisotopic (exact) mass is 435 g/mol. The van der Waals surface area contributed by atoms with Crippen LogP contribution in [-0.2, 0) is 14.6 Å². The summed E-state index contributed by atoms with van der Waals surface area (Å²) in [4.78, 5) is 16.1. The fourth-order valence-electron chi connectivity index (χ4n) is 3.44. The van der Waals surface area contributed by atoms with Crippen molar-refractivity contribution in [1.82, 2.24) is 20.5 Å². The molecule has 1 saturated carbocycles. The lowest BCUT2D eigenvalue weighted by Gasteiger charge is -2.22. The molecule has 30 heavy (non-hydrogen) atoms. The van der Waals surface area contributed by atoms with E-state index in [0.717, 1.165) is 31.2 Å². The molecule has 9 nitrogen and oxygen atoms in total. The second-order valence-electron chi connectivity index (χ2n) is 8.80. The van der Waals surface area contributed by atoms with Gasteiger partial charge < -0.3 is 15.4 Å². The lowest BCUT2D eigenvalue weighted by molar-refractivity contribution is 0.0936. The number of carbonyl (C=O) groups excluding carboxylic acids is 1. The van der Waals surface area contributed by atoms with E-state index in [4.69, 9.17) is 4.74 Å². The van der Waals surface area contributed by atoms with Gasteiger partial charge in [0.05, 0.1) is 11.4 Å². The van der Waals surface area contributed by atoms with Crippen LogP contribution < -0.4 is 10.6 Å². The average molecular weight is 436 g/mol. The number of pyridine rings is 1. The molecule has 2 aromatic heterocycles. The molecule has 1 amide bonds. The maximum Gasteiger partial charge on any atom is 0.407 e. The third-order valence-corrected chi connectivity index (χ3v) is 5.86. The standard InChI is InChI=1S/C20H29N5O4S/c1-12-15(8-9-18(21-12)30(5,27)28)22-17-11-16(24-25-17)13-6-7-14(10-13)29-19(26)23-20(2,3)4/h8-9,11,13-14H,6-7,10H2,1-5H3,(H,23,26)(H2,22,24,25)/t13-,14+/m0/s1. The van der Waals surface area contributed by atoms with E-state index in [9.17, 15) is 13.2 Å². The Hall–Kier alpha value is -2.62. The molecule has 3 rings (SSSR count). The Balaban J connectivity index is 1.60. The van der Waals surface area contributed by atoms with Crippen LogP contribution in [0.3, 0.4) is 0 Å². The van der Waals surface area contributed by atoms with Crippen molar-refractivity contribution in [2.24, 2.45) is 0 Å². The highest BCUT2D eigenvalue weighted by Gasteiger charge is 2.30. The molecule has 164 valence electrons. The molecule has 10 heteroatoms. The molecule has 2 heterocycles. The molecular weight excluding hydrogens is 406 g/mol. The molecule has 0 bridgehead atoms. The minimum absolute atomic E-state index is 0.0424. The molecule has 2 aromatic rings. The Morgan fingerprint density at radius 2 is 2.00 bits per heavy atom. The molecule has 2 atom stereocenters. The van der Waals surface area contributed by atoms with E-state index in [-0.39, 0.29) is 28.7 Å². The number of anilines is 2. The van der Waals surface area contributed by atoms with Crippen molar-refractivity contribution in [3.8, 4) is 0 Å². The molecule has 0 unspecified atom stereocenters. The summed E-state index contributed by atoms with van der Waals surface area (Å²) in [7, 11) is -3.35. The lowest BCUT2D eigenvalue weighted by atomic mass is 10.0. The maximum absolute atomic E-state index is 12.0. The van der Waals surface area contributed by atoms with Crippen molar-refractivity contribution in [2.45, 2.75) is 69.5 Å². The van der Waals surface area contributed by atoms with Gasteiger partial charge in [0, 0.05) is 29.5 Å².